The fraction of sp³-hybridized carbons (Fsp3) is 0.125. The monoisotopic (exact) mass is 283 g/mol. The Morgan fingerprint density at radius 3 is 2.45 bits per heavy atom. The van der Waals surface area contributed by atoms with Gasteiger partial charge in [0.15, 0.2) is 0 Å². The number of carbonyl (C=O) groups is 1. The average Bonchev–Trinajstić information content (AvgIpc) is 2.52. The number of ether oxygens (including phenoxy) is 1. The summed E-state index contributed by atoms with van der Waals surface area (Å²) in [6.45, 7) is 0.299. The molecule has 0 saturated heterocycles. The van der Waals surface area contributed by atoms with Gasteiger partial charge in [-0.15, -0.1) is 11.8 Å². The lowest BCUT2D eigenvalue weighted by Crippen LogP contribution is -2.07. The highest BCUT2D eigenvalue weighted by Gasteiger charge is 2.04. The van der Waals surface area contributed by atoms with Crippen molar-refractivity contribution in [2.24, 2.45) is 0 Å². The highest BCUT2D eigenvalue weighted by molar-refractivity contribution is 8.00. The second-order valence-corrected chi connectivity index (χ2v) is 5.12. The fourth-order valence-corrected chi connectivity index (χ4v) is 2.24. The summed E-state index contributed by atoms with van der Waals surface area (Å²) in [5, 5.41) is 8.69. The molecule has 0 aromatic heterocycles. The third kappa shape index (κ3) is 4.45. The highest BCUT2D eigenvalue weighted by Crippen LogP contribution is 2.18. The number of hydrogen-bond acceptors (Lipinski definition) is 4. The van der Waals surface area contributed by atoms with E-state index in [1.165, 1.54) is 11.8 Å². The Labute approximate surface area is 122 Å². The van der Waals surface area contributed by atoms with E-state index in [9.17, 15) is 4.79 Å². The van der Waals surface area contributed by atoms with Gasteiger partial charge in [-0.05, 0) is 29.8 Å². The number of nitriles is 1. The van der Waals surface area contributed by atoms with E-state index in [2.05, 4.69) is 6.07 Å². The lowest BCUT2D eigenvalue weighted by atomic mass is 10.2. The molecule has 0 fully saturated rings. The summed E-state index contributed by atoms with van der Waals surface area (Å²) in [6, 6.07) is 18.8. The first kappa shape index (κ1) is 14.2. The molecule has 0 spiro atoms. The first-order valence-electron chi connectivity index (χ1n) is 6.10. The van der Waals surface area contributed by atoms with E-state index in [-0.39, 0.29) is 11.7 Å². The number of benzene rings is 2. The van der Waals surface area contributed by atoms with Crippen LogP contribution in [0.1, 0.15) is 11.1 Å². The van der Waals surface area contributed by atoms with Crippen molar-refractivity contribution in [2.45, 2.75) is 11.5 Å². The molecule has 0 N–H and O–H groups in total. The van der Waals surface area contributed by atoms with Gasteiger partial charge in [-0.3, -0.25) is 4.79 Å². The van der Waals surface area contributed by atoms with Crippen LogP contribution in [0.25, 0.3) is 0 Å². The second-order valence-electron chi connectivity index (χ2n) is 4.07. The van der Waals surface area contributed by atoms with Crippen molar-refractivity contribution >= 4 is 17.7 Å². The minimum atomic E-state index is -0.247. The Balaban J connectivity index is 1.76. The molecule has 3 nitrogen and oxygen atoms in total. The topological polar surface area (TPSA) is 50.1 Å². The van der Waals surface area contributed by atoms with Gasteiger partial charge in [0.1, 0.15) is 6.61 Å². The van der Waals surface area contributed by atoms with Crippen molar-refractivity contribution in [1.82, 2.24) is 0 Å². The van der Waals surface area contributed by atoms with E-state index in [0.717, 1.165) is 10.5 Å². The van der Waals surface area contributed by atoms with Crippen molar-refractivity contribution in [2.75, 3.05) is 5.75 Å². The maximum Gasteiger partial charge on any atom is 0.316 e. The summed E-state index contributed by atoms with van der Waals surface area (Å²) >= 11 is 1.40. The zero-order valence-electron chi connectivity index (χ0n) is 10.8. The molecular weight excluding hydrogens is 270 g/mol. The molecule has 0 saturated carbocycles. The van der Waals surface area contributed by atoms with Crippen molar-refractivity contribution in [3.63, 3.8) is 0 Å². The summed E-state index contributed by atoms with van der Waals surface area (Å²) in [5.74, 6) is 0.0156. The van der Waals surface area contributed by atoms with Gasteiger partial charge in [0.25, 0.3) is 0 Å². The Bertz CT molecular complexity index is 603. The largest absolute Gasteiger partial charge is 0.460 e. The molecule has 0 aliphatic heterocycles. The lowest BCUT2D eigenvalue weighted by molar-refractivity contribution is -0.141. The van der Waals surface area contributed by atoms with Crippen molar-refractivity contribution < 1.29 is 9.53 Å². The van der Waals surface area contributed by atoms with E-state index in [4.69, 9.17) is 10.00 Å². The fourth-order valence-electron chi connectivity index (χ4n) is 1.55. The van der Waals surface area contributed by atoms with Crippen LogP contribution in [0.3, 0.4) is 0 Å². The first-order valence-corrected chi connectivity index (χ1v) is 7.09. The van der Waals surface area contributed by atoms with Crippen molar-refractivity contribution in [1.29, 1.82) is 5.26 Å². The maximum atomic E-state index is 11.6. The minimum Gasteiger partial charge on any atom is -0.460 e. The number of nitrogens with zero attached hydrogens (tertiary/aromatic N) is 1. The second kappa shape index (κ2) is 7.37. The SMILES string of the molecule is N#Cc1ccc(SCC(=O)OCc2ccccc2)cc1. The van der Waals surface area contributed by atoms with Crippen LogP contribution in [0.2, 0.25) is 0 Å². The Morgan fingerprint density at radius 2 is 1.80 bits per heavy atom. The maximum absolute atomic E-state index is 11.6. The van der Waals surface area contributed by atoms with Crippen LogP contribution >= 0.6 is 11.8 Å². The third-order valence-electron chi connectivity index (χ3n) is 2.58. The van der Waals surface area contributed by atoms with Gasteiger partial charge in [-0.25, -0.2) is 0 Å². The van der Waals surface area contributed by atoms with Crippen LogP contribution < -0.4 is 0 Å². The Morgan fingerprint density at radius 1 is 1.10 bits per heavy atom. The van der Waals surface area contributed by atoms with E-state index < -0.39 is 0 Å². The molecule has 2 rings (SSSR count). The molecule has 0 aliphatic carbocycles. The van der Waals surface area contributed by atoms with Gasteiger partial charge >= 0.3 is 5.97 Å². The van der Waals surface area contributed by atoms with E-state index in [0.29, 0.717) is 12.2 Å². The third-order valence-corrected chi connectivity index (χ3v) is 3.57. The molecule has 0 amide bonds. The summed E-state index contributed by atoms with van der Waals surface area (Å²) in [6.07, 6.45) is 0. The Hall–Kier alpha value is -2.25. The van der Waals surface area contributed by atoms with Crippen LogP contribution in [0, 0.1) is 11.3 Å². The van der Waals surface area contributed by atoms with Crippen LogP contribution in [0.4, 0.5) is 0 Å². The molecule has 0 aliphatic rings. The predicted octanol–water partition coefficient (Wildman–Crippen LogP) is 3.39. The number of carbonyl (C=O) groups excluding carboxylic acids is 1. The molecule has 0 unspecified atom stereocenters. The smallest absolute Gasteiger partial charge is 0.316 e. The molecule has 100 valence electrons. The van der Waals surface area contributed by atoms with Gasteiger partial charge in [-0.2, -0.15) is 5.26 Å². The summed E-state index contributed by atoms with van der Waals surface area (Å²) < 4.78 is 5.18. The predicted molar refractivity (Wildman–Crippen MR) is 78.1 cm³/mol. The zero-order chi connectivity index (χ0) is 14.2. The average molecular weight is 283 g/mol. The summed E-state index contributed by atoms with van der Waals surface area (Å²) in [7, 11) is 0. The van der Waals surface area contributed by atoms with E-state index in [1.54, 1.807) is 12.1 Å². The van der Waals surface area contributed by atoms with Crippen LogP contribution in [0.5, 0.6) is 0 Å². The van der Waals surface area contributed by atoms with Gasteiger partial charge in [0.05, 0.1) is 17.4 Å². The van der Waals surface area contributed by atoms with Gasteiger partial charge < -0.3 is 4.74 Å². The molecule has 2 aromatic rings. The summed E-state index contributed by atoms with van der Waals surface area (Å²) in [4.78, 5) is 12.6. The molecular formula is C16H13NO2S. The number of hydrogen-bond donors (Lipinski definition) is 0. The lowest BCUT2D eigenvalue weighted by Gasteiger charge is -2.05. The van der Waals surface area contributed by atoms with Crippen LogP contribution in [-0.4, -0.2) is 11.7 Å². The molecule has 2 aromatic carbocycles. The van der Waals surface area contributed by atoms with Crippen molar-refractivity contribution in [3.05, 3.63) is 65.7 Å². The van der Waals surface area contributed by atoms with Gasteiger partial charge in [-0.1, -0.05) is 30.3 Å². The summed E-state index contributed by atoms with van der Waals surface area (Å²) in [5.41, 5.74) is 1.59. The molecule has 0 atom stereocenters. The number of thioether (sulfide) groups is 1. The van der Waals surface area contributed by atoms with Crippen LogP contribution in [-0.2, 0) is 16.1 Å². The quantitative estimate of drug-likeness (QED) is 0.623. The molecule has 0 bridgehead atoms. The highest BCUT2D eigenvalue weighted by atomic mass is 32.2. The van der Waals surface area contributed by atoms with Crippen molar-refractivity contribution in [3.8, 4) is 6.07 Å². The molecule has 0 radical (unpaired) electrons. The van der Waals surface area contributed by atoms with Gasteiger partial charge in [0, 0.05) is 4.90 Å². The van der Waals surface area contributed by atoms with Crippen LogP contribution in [0.15, 0.2) is 59.5 Å². The zero-order valence-corrected chi connectivity index (χ0v) is 11.6. The van der Waals surface area contributed by atoms with E-state index >= 15 is 0 Å². The minimum absolute atomic E-state index is 0.247. The standard InChI is InChI=1S/C16H13NO2S/c17-10-13-6-8-15(9-7-13)20-12-16(18)19-11-14-4-2-1-3-5-14/h1-9H,11-12H2. The molecule has 0 heterocycles. The number of esters is 1. The molecule has 4 heteroatoms. The van der Waals surface area contributed by atoms with E-state index in [1.807, 2.05) is 42.5 Å². The first-order chi connectivity index (χ1) is 9.78. The number of rotatable bonds is 5. The Kier molecular flexibility index (Phi) is 5.22. The normalized spacial score (nSPS) is 9.75. The van der Waals surface area contributed by atoms with Gasteiger partial charge in [0.2, 0.25) is 0 Å². The molecule has 20 heavy (non-hydrogen) atoms.